The summed E-state index contributed by atoms with van der Waals surface area (Å²) < 4.78 is 11.4. The number of furan rings is 1. The molecule has 1 atom stereocenters. The molecule has 0 amide bonds. The van der Waals surface area contributed by atoms with Gasteiger partial charge in [-0.2, -0.15) is 0 Å². The number of carboxylic acids is 1. The number of hydrogen-bond donors (Lipinski definition) is 2. The maximum absolute atomic E-state index is 13.3. The van der Waals surface area contributed by atoms with Crippen molar-refractivity contribution in [3.63, 3.8) is 0 Å². The number of carboxylic acid groups (broad SMARTS) is 1. The number of ether oxygens (including phenoxy) is 1. The zero-order valence-corrected chi connectivity index (χ0v) is 19.7. The fraction of sp³-hybridized carbons (Fsp3) is 0.250. The predicted molar refractivity (Wildman–Crippen MR) is 130 cm³/mol. The van der Waals surface area contributed by atoms with Crippen LogP contribution in [0.3, 0.4) is 0 Å². The van der Waals surface area contributed by atoms with Crippen LogP contribution in [0.25, 0.3) is 11.1 Å². The van der Waals surface area contributed by atoms with E-state index < -0.39 is 18.0 Å². The fourth-order valence-electron chi connectivity index (χ4n) is 3.65. The van der Waals surface area contributed by atoms with Crippen LogP contribution in [0.4, 0.5) is 0 Å². The molecule has 182 valence electrons. The lowest BCUT2D eigenvalue weighted by Gasteiger charge is -2.18. The summed E-state index contributed by atoms with van der Waals surface area (Å²) in [5.74, 6) is -1.34. The van der Waals surface area contributed by atoms with Gasteiger partial charge in [0.05, 0.1) is 11.1 Å². The van der Waals surface area contributed by atoms with Crippen molar-refractivity contribution in [3.05, 3.63) is 95.5 Å². The van der Waals surface area contributed by atoms with Gasteiger partial charge in [-0.3, -0.25) is 4.79 Å². The van der Waals surface area contributed by atoms with Gasteiger partial charge in [0.2, 0.25) is 0 Å². The zero-order valence-electron chi connectivity index (χ0n) is 19.7. The molecule has 7 heteroatoms. The van der Waals surface area contributed by atoms with Gasteiger partial charge in [0.15, 0.2) is 11.9 Å². The second kappa shape index (κ2) is 11.4. The van der Waals surface area contributed by atoms with Gasteiger partial charge >= 0.3 is 11.9 Å². The minimum Gasteiger partial charge on any atom is -0.478 e. The number of ketones is 1. The smallest absolute Gasteiger partial charge is 0.339 e. The van der Waals surface area contributed by atoms with Gasteiger partial charge in [0.25, 0.3) is 0 Å². The lowest BCUT2D eigenvalue weighted by Crippen LogP contribution is -2.15. The van der Waals surface area contributed by atoms with Crippen LogP contribution in [0.5, 0.6) is 0 Å². The minimum atomic E-state index is -1.11. The summed E-state index contributed by atoms with van der Waals surface area (Å²) in [6.07, 6.45) is -0.648. The number of esters is 1. The Hall–Kier alpha value is -3.97. The van der Waals surface area contributed by atoms with Crippen molar-refractivity contribution in [2.24, 2.45) is 5.92 Å². The molecule has 1 heterocycles. The molecular weight excluding hydrogens is 448 g/mol. The lowest BCUT2D eigenvalue weighted by atomic mass is 9.95. The Balaban J connectivity index is 1.91. The van der Waals surface area contributed by atoms with Crippen LogP contribution in [-0.2, 0) is 16.1 Å². The molecule has 7 nitrogen and oxygen atoms in total. The summed E-state index contributed by atoms with van der Waals surface area (Å²) in [7, 11) is 0. The highest BCUT2D eigenvalue weighted by atomic mass is 16.6. The Labute approximate surface area is 203 Å². The number of carbonyl (C=O) groups is 3. The number of aliphatic hydroxyl groups excluding tert-OH is 1. The third-order valence-corrected chi connectivity index (χ3v) is 5.69. The highest BCUT2D eigenvalue weighted by Crippen LogP contribution is 2.31. The van der Waals surface area contributed by atoms with Crippen molar-refractivity contribution in [2.75, 3.05) is 0 Å². The predicted octanol–water partition coefficient (Wildman–Crippen LogP) is 5.60. The van der Waals surface area contributed by atoms with E-state index in [2.05, 4.69) is 6.58 Å². The summed E-state index contributed by atoms with van der Waals surface area (Å²) in [6, 6.07) is 16.1. The van der Waals surface area contributed by atoms with Crippen LogP contribution in [0.1, 0.15) is 65.0 Å². The van der Waals surface area contributed by atoms with Gasteiger partial charge in [0, 0.05) is 6.42 Å². The van der Waals surface area contributed by atoms with E-state index in [0.717, 1.165) is 0 Å². The van der Waals surface area contributed by atoms with Crippen LogP contribution in [0, 0.1) is 5.92 Å². The van der Waals surface area contributed by atoms with Crippen molar-refractivity contribution < 1.29 is 33.8 Å². The number of aliphatic hydroxyl groups is 1. The summed E-state index contributed by atoms with van der Waals surface area (Å²) in [6.45, 7) is 7.27. The largest absolute Gasteiger partial charge is 0.478 e. The maximum Gasteiger partial charge on any atom is 0.339 e. The lowest BCUT2D eigenvalue weighted by molar-refractivity contribution is -0.116. The van der Waals surface area contributed by atoms with Gasteiger partial charge in [-0.25, -0.2) is 9.59 Å². The van der Waals surface area contributed by atoms with E-state index in [0.29, 0.717) is 28.2 Å². The van der Waals surface area contributed by atoms with Crippen LogP contribution < -0.4 is 0 Å². The molecule has 0 bridgehead atoms. The molecule has 3 aromatic rings. The molecule has 0 saturated carbocycles. The third-order valence-electron chi connectivity index (χ3n) is 5.69. The first kappa shape index (κ1) is 25.6. The maximum atomic E-state index is 13.3. The highest BCUT2D eigenvalue weighted by Gasteiger charge is 2.26. The van der Waals surface area contributed by atoms with Gasteiger partial charge in [0.1, 0.15) is 18.1 Å². The van der Waals surface area contributed by atoms with Crippen molar-refractivity contribution in [1.29, 1.82) is 0 Å². The van der Waals surface area contributed by atoms with Crippen molar-refractivity contribution in [3.8, 4) is 11.1 Å². The molecule has 2 aromatic carbocycles. The summed E-state index contributed by atoms with van der Waals surface area (Å²) in [4.78, 5) is 37.5. The molecule has 3 rings (SSSR count). The van der Waals surface area contributed by atoms with Crippen LogP contribution in [0.15, 0.2) is 77.2 Å². The molecule has 0 spiro atoms. The van der Waals surface area contributed by atoms with Gasteiger partial charge in [-0.15, -0.1) is 0 Å². The first-order valence-electron chi connectivity index (χ1n) is 11.3. The quantitative estimate of drug-likeness (QED) is 0.274. The van der Waals surface area contributed by atoms with E-state index in [-0.39, 0.29) is 42.3 Å². The van der Waals surface area contributed by atoms with E-state index in [1.807, 2.05) is 13.8 Å². The Morgan fingerprint density at radius 2 is 1.54 bits per heavy atom. The third kappa shape index (κ3) is 6.13. The molecule has 0 fully saturated rings. The molecule has 0 radical (unpaired) electrons. The first-order valence-corrected chi connectivity index (χ1v) is 11.3. The van der Waals surface area contributed by atoms with Crippen LogP contribution in [-0.4, -0.2) is 27.9 Å². The average molecular weight is 477 g/mol. The highest BCUT2D eigenvalue weighted by molar-refractivity contribution is 6.02. The first-order chi connectivity index (χ1) is 16.7. The number of carbonyl (C=O) groups excluding carboxylic acids is 2. The molecule has 0 saturated heterocycles. The normalized spacial score (nSPS) is 11.8. The summed E-state index contributed by atoms with van der Waals surface area (Å²) in [5, 5.41) is 19.0. The Kier molecular flexibility index (Phi) is 8.39. The van der Waals surface area contributed by atoms with E-state index in [1.54, 1.807) is 54.6 Å². The number of Topliss-reactive ketones (excluding diaryl/α,β-unsaturated/α-hetero) is 1. The number of aromatic carboxylic acids is 1. The van der Waals surface area contributed by atoms with Crippen LogP contribution in [0.2, 0.25) is 0 Å². The zero-order chi connectivity index (χ0) is 25.5. The van der Waals surface area contributed by atoms with Crippen molar-refractivity contribution >= 4 is 17.7 Å². The van der Waals surface area contributed by atoms with E-state index in [9.17, 15) is 24.6 Å². The number of benzene rings is 2. The van der Waals surface area contributed by atoms with Crippen molar-refractivity contribution in [2.45, 2.75) is 39.4 Å². The SMILES string of the molecule is C=C(C(=O)CC[C@H](OC(=O)c1ccccc1-c1ccccc1C(=O)O)c1ccc(CO)o1)C(C)C. The molecule has 1 aromatic heterocycles. The summed E-state index contributed by atoms with van der Waals surface area (Å²) >= 11 is 0. The molecule has 2 N–H and O–H groups in total. The topological polar surface area (TPSA) is 114 Å². The molecule has 0 aliphatic rings. The number of rotatable bonds is 11. The molecule has 0 aliphatic carbocycles. The molecule has 0 aliphatic heterocycles. The molecule has 0 unspecified atom stereocenters. The monoisotopic (exact) mass is 476 g/mol. The Morgan fingerprint density at radius 3 is 2.11 bits per heavy atom. The second-order valence-electron chi connectivity index (χ2n) is 8.39. The van der Waals surface area contributed by atoms with E-state index in [1.165, 1.54) is 6.07 Å². The van der Waals surface area contributed by atoms with Crippen molar-refractivity contribution in [1.82, 2.24) is 0 Å². The minimum absolute atomic E-state index is 0.00529. The standard InChI is InChI=1S/C28H28O7/c1-17(2)18(3)24(30)13-15-26(25-14-12-19(16-29)34-25)35-28(33)23-11-7-5-9-21(23)20-8-4-6-10-22(20)27(31)32/h4-12,14,17,26,29H,3,13,15-16H2,1-2H3,(H,31,32)/t26-/m0/s1. The second-order valence-corrected chi connectivity index (χ2v) is 8.39. The van der Waals surface area contributed by atoms with Gasteiger partial charge < -0.3 is 19.4 Å². The Bertz CT molecular complexity index is 1240. The van der Waals surface area contributed by atoms with Gasteiger partial charge in [-0.1, -0.05) is 56.8 Å². The van der Waals surface area contributed by atoms with Gasteiger partial charge in [-0.05, 0) is 53.3 Å². The van der Waals surface area contributed by atoms with Crippen LogP contribution >= 0.6 is 0 Å². The molecular formula is C28H28O7. The average Bonchev–Trinajstić information content (AvgIpc) is 3.34. The summed E-state index contributed by atoms with van der Waals surface area (Å²) in [5.41, 5.74) is 1.52. The molecule has 35 heavy (non-hydrogen) atoms. The number of hydrogen-bond acceptors (Lipinski definition) is 6. The van der Waals surface area contributed by atoms with E-state index >= 15 is 0 Å². The van der Waals surface area contributed by atoms with E-state index in [4.69, 9.17) is 9.15 Å². The number of allylic oxidation sites excluding steroid dienone is 1. The Morgan fingerprint density at radius 1 is 0.943 bits per heavy atom. The fourth-order valence-corrected chi connectivity index (χ4v) is 3.65.